The van der Waals surface area contributed by atoms with Gasteiger partial charge < -0.3 is 4.74 Å². The van der Waals surface area contributed by atoms with Crippen molar-refractivity contribution in [1.29, 1.82) is 0 Å². The van der Waals surface area contributed by atoms with Gasteiger partial charge in [-0.05, 0) is 46.2 Å². The number of nitrogens with two attached hydrogens (primary N) is 1. The summed E-state index contributed by atoms with van der Waals surface area (Å²) in [6.07, 6.45) is 2.93. The summed E-state index contributed by atoms with van der Waals surface area (Å²) in [7, 11) is 0. The minimum absolute atomic E-state index is 0.0300. The summed E-state index contributed by atoms with van der Waals surface area (Å²) in [4.78, 5) is 16.5. The molecule has 21 heavy (non-hydrogen) atoms. The highest BCUT2D eigenvalue weighted by molar-refractivity contribution is 5.69. The Morgan fingerprint density at radius 2 is 2.10 bits per heavy atom. The first-order chi connectivity index (χ1) is 9.76. The van der Waals surface area contributed by atoms with E-state index < -0.39 is 11.7 Å². The quantitative estimate of drug-likeness (QED) is 0.513. The fraction of sp³-hybridized carbons (Fsp3) is 0.600. The molecule has 1 aromatic heterocycles. The van der Waals surface area contributed by atoms with Gasteiger partial charge in [0.25, 0.3) is 0 Å². The van der Waals surface area contributed by atoms with Gasteiger partial charge in [-0.25, -0.2) is 20.6 Å². The maximum atomic E-state index is 12.2. The maximum absolute atomic E-state index is 12.2. The molecular formula is C15H26N4O2. The van der Waals surface area contributed by atoms with E-state index in [1.54, 1.807) is 32.0 Å². The van der Waals surface area contributed by atoms with Gasteiger partial charge in [0.1, 0.15) is 11.4 Å². The van der Waals surface area contributed by atoms with Gasteiger partial charge in [0, 0.05) is 6.20 Å². The highest BCUT2D eigenvalue weighted by Gasteiger charge is 2.28. The average molecular weight is 294 g/mol. The van der Waals surface area contributed by atoms with E-state index in [-0.39, 0.29) is 6.04 Å². The van der Waals surface area contributed by atoms with E-state index in [9.17, 15) is 4.79 Å². The molecule has 2 N–H and O–H groups in total. The van der Waals surface area contributed by atoms with E-state index >= 15 is 0 Å². The third kappa shape index (κ3) is 5.23. The topological polar surface area (TPSA) is 71.7 Å². The van der Waals surface area contributed by atoms with Gasteiger partial charge in [0.2, 0.25) is 0 Å². The molecule has 0 aliphatic carbocycles. The van der Waals surface area contributed by atoms with E-state index in [1.165, 1.54) is 0 Å². The maximum Gasteiger partial charge on any atom is 0.444 e. The number of nitrogens with zero attached hydrogens (tertiary/aromatic N) is 3. The largest absolute Gasteiger partial charge is 0.444 e. The number of rotatable bonds is 5. The molecule has 0 fully saturated rings. The molecule has 0 aromatic carbocycles. The predicted octanol–water partition coefficient (Wildman–Crippen LogP) is 3.10. The van der Waals surface area contributed by atoms with Crippen LogP contribution in [0.3, 0.4) is 0 Å². The van der Waals surface area contributed by atoms with Crippen LogP contribution >= 0.6 is 0 Å². The van der Waals surface area contributed by atoms with Crippen LogP contribution in [-0.4, -0.2) is 27.8 Å². The fourth-order valence-electron chi connectivity index (χ4n) is 1.97. The summed E-state index contributed by atoms with van der Waals surface area (Å²) in [5, 5.41) is 2.67. The number of carbonyl (C=O) groups excluding carboxylic acids is 1. The van der Waals surface area contributed by atoms with Crippen molar-refractivity contribution in [2.45, 2.75) is 59.1 Å². The molecule has 1 amide bonds. The first-order valence-corrected chi connectivity index (χ1v) is 7.24. The van der Waals surface area contributed by atoms with Gasteiger partial charge in [0.15, 0.2) is 0 Å². The third-order valence-electron chi connectivity index (χ3n) is 2.82. The molecule has 0 aliphatic heterocycles. The number of ether oxygens (including phenoxy) is 1. The Labute approximate surface area is 126 Å². The summed E-state index contributed by atoms with van der Waals surface area (Å²) in [6.45, 7) is 9.50. The molecule has 1 heterocycles. The summed E-state index contributed by atoms with van der Waals surface area (Å²) in [5.74, 6) is 6.59. The Bertz CT molecular complexity index is 445. The number of aromatic nitrogens is 1. The van der Waals surface area contributed by atoms with E-state index in [0.29, 0.717) is 5.82 Å². The van der Waals surface area contributed by atoms with Crippen molar-refractivity contribution in [3.63, 3.8) is 0 Å². The van der Waals surface area contributed by atoms with Crippen LogP contribution in [0, 0.1) is 0 Å². The first kappa shape index (κ1) is 17.2. The minimum Gasteiger partial charge on any atom is -0.441 e. The summed E-state index contributed by atoms with van der Waals surface area (Å²) < 4.78 is 5.32. The van der Waals surface area contributed by atoms with Crippen molar-refractivity contribution in [3.8, 4) is 0 Å². The Balaban J connectivity index is 2.98. The second-order valence-corrected chi connectivity index (χ2v) is 6.00. The Morgan fingerprint density at radius 1 is 1.43 bits per heavy atom. The first-order valence-electron chi connectivity index (χ1n) is 7.24. The third-order valence-corrected chi connectivity index (χ3v) is 2.82. The highest BCUT2D eigenvalue weighted by atomic mass is 16.6. The Kier molecular flexibility index (Phi) is 5.96. The second kappa shape index (κ2) is 7.26. The Morgan fingerprint density at radius 3 is 2.57 bits per heavy atom. The zero-order valence-electron chi connectivity index (χ0n) is 13.5. The number of hydrogen-bond donors (Lipinski definition) is 1. The minimum atomic E-state index is -0.601. The summed E-state index contributed by atoms with van der Waals surface area (Å²) >= 11 is 0. The van der Waals surface area contributed by atoms with Gasteiger partial charge in [-0.3, -0.25) is 0 Å². The number of hydrazine groups is 2. The fourth-order valence-corrected chi connectivity index (χ4v) is 1.97. The lowest BCUT2D eigenvalue weighted by molar-refractivity contribution is 0.0199. The van der Waals surface area contributed by atoms with Gasteiger partial charge in [-0.1, -0.05) is 19.4 Å². The molecule has 1 aromatic rings. The SMILES string of the molecule is CCCC(C)N(c1ccccn1)N(N)C(=O)OC(C)(C)C. The predicted molar refractivity (Wildman–Crippen MR) is 83.3 cm³/mol. The van der Waals surface area contributed by atoms with Crippen LogP contribution in [0.4, 0.5) is 10.6 Å². The monoisotopic (exact) mass is 294 g/mol. The molecule has 0 saturated heterocycles. The summed E-state index contributed by atoms with van der Waals surface area (Å²) in [6, 6.07) is 5.52. The van der Waals surface area contributed by atoms with Crippen molar-refractivity contribution < 1.29 is 9.53 Å². The van der Waals surface area contributed by atoms with Crippen LogP contribution in [-0.2, 0) is 4.74 Å². The van der Waals surface area contributed by atoms with E-state index in [1.807, 2.05) is 25.1 Å². The molecule has 0 saturated carbocycles. The number of pyridine rings is 1. The van der Waals surface area contributed by atoms with E-state index in [2.05, 4.69) is 11.9 Å². The molecule has 1 rings (SSSR count). The molecule has 118 valence electrons. The molecule has 1 unspecified atom stereocenters. The summed E-state index contributed by atoms with van der Waals surface area (Å²) in [5.41, 5.74) is -0.599. The zero-order valence-corrected chi connectivity index (χ0v) is 13.5. The van der Waals surface area contributed by atoms with Crippen LogP contribution in [0.5, 0.6) is 0 Å². The molecule has 6 heteroatoms. The smallest absolute Gasteiger partial charge is 0.441 e. The van der Waals surface area contributed by atoms with Gasteiger partial charge in [-0.2, -0.15) is 0 Å². The van der Waals surface area contributed by atoms with Crippen molar-refractivity contribution >= 4 is 11.9 Å². The lowest BCUT2D eigenvalue weighted by atomic mass is 10.2. The highest BCUT2D eigenvalue weighted by Crippen LogP contribution is 2.19. The van der Waals surface area contributed by atoms with Crippen LogP contribution in [0.15, 0.2) is 24.4 Å². The zero-order chi connectivity index (χ0) is 16.0. The normalized spacial score (nSPS) is 12.7. The molecule has 0 radical (unpaired) electrons. The number of anilines is 1. The molecule has 6 nitrogen and oxygen atoms in total. The van der Waals surface area contributed by atoms with Crippen molar-refractivity contribution in [2.24, 2.45) is 5.84 Å². The lowest BCUT2D eigenvalue weighted by Gasteiger charge is -2.37. The van der Waals surface area contributed by atoms with Crippen molar-refractivity contribution in [1.82, 2.24) is 10.1 Å². The van der Waals surface area contributed by atoms with Crippen LogP contribution in [0.25, 0.3) is 0 Å². The van der Waals surface area contributed by atoms with Crippen molar-refractivity contribution in [3.05, 3.63) is 24.4 Å². The average Bonchev–Trinajstić information content (AvgIpc) is 2.38. The van der Waals surface area contributed by atoms with Gasteiger partial charge in [0.05, 0.1) is 6.04 Å². The molecular weight excluding hydrogens is 268 g/mol. The molecule has 0 spiro atoms. The molecule has 0 bridgehead atoms. The number of carbonyl (C=O) groups is 1. The van der Waals surface area contributed by atoms with E-state index in [0.717, 1.165) is 18.0 Å². The van der Waals surface area contributed by atoms with Crippen LogP contribution in [0.1, 0.15) is 47.5 Å². The lowest BCUT2D eigenvalue weighted by Crippen LogP contribution is -2.56. The second-order valence-electron chi connectivity index (χ2n) is 6.00. The van der Waals surface area contributed by atoms with Gasteiger partial charge in [-0.15, -0.1) is 5.12 Å². The van der Waals surface area contributed by atoms with Gasteiger partial charge >= 0.3 is 6.09 Å². The Hall–Kier alpha value is -1.82. The van der Waals surface area contributed by atoms with Crippen LogP contribution < -0.4 is 10.9 Å². The molecule has 0 aliphatic rings. The van der Waals surface area contributed by atoms with Crippen LogP contribution in [0.2, 0.25) is 0 Å². The van der Waals surface area contributed by atoms with E-state index in [4.69, 9.17) is 10.6 Å². The standard InChI is InChI=1S/C15H26N4O2/c1-6-9-12(2)18(13-10-7-8-11-17-13)19(16)14(20)21-15(3,4)5/h7-8,10-12H,6,9,16H2,1-5H3. The van der Waals surface area contributed by atoms with Crippen molar-refractivity contribution in [2.75, 3.05) is 5.01 Å². The number of amides is 1. The molecule has 1 atom stereocenters. The number of hydrogen-bond acceptors (Lipinski definition) is 5.